The van der Waals surface area contributed by atoms with E-state index in [2.05, 4.69) is 10.3 Å². The second kappa shape index (κ2) is 5.16. The zero-order valence-corrected chi connectivity index (χ0v) is 11.5. The maximum atomic E-state index is 10.1. The summed E-state index contributed by atoms with van der Waals surface area (Å²) >= 11 is 0. The van der Waals surface area contributed by atoms with E-state index in [1.165, 1.54) is 17.7 Å². The Morgan fingerprint density at radius 3 is 2.35 bits per heavy atom. The molecule has 20 heavy (non-hydrogen) atoms. The van der Waals surface area contributed by atoms with E-state index in [0.717, 1.165) is 5.71 Å². The van der Waals surface area contributed by atoms with Crippen molar-refractivity contribution in [1.82, 2.24) is 4.57 Å². The largest absolute Gasteiger partial charge is 0.506 e. The van der Waals surface area contributed by atoms with Crippen molar-refractivity contribution in [2.24, 2.45) is 12.0 Å². The molecule has 0 aliphatic heterocycles. The molecule has 0 atom stereocenters. The van der Waals surface area contributed by atoms with Gasteiger partial charge in [-0.1, -0.05) is 12.1 Å². The molecule has 0 bridgehead atoms. The first-order chi connectivity index (χ1) is 9.41. The van der Waals surface area contributed by atoms with Crippen LogP contribution < -0.4 is 5.32 Å². The van der Waals surface area contributed by atoms with Crippen molar-refractivity contribution in [3.05, 3.63) is 24.3 Å². The fourth-order valence-corrected chi connectivity index (χ4v) is 1.80. The second-order valence-electron chi connectivity index (χ2n) is 4.63. The molecule has 2 aromatic rings. The van der Waals surface area contributed by atoms with Crippen LogP contribution in [0.1, 0.15) is 13.8 Å². The number of nitrogens with zero attached hydrogens (tertiary/aromatic N) is 2. The molecule has 0 spiro atoms. The monoisotopic (exact) mass is 275 g/mol. The molecular weight excluding hydrogens is 258 g/mol. The van der Waals surface area contributed by atoms with E-state index in [1.54, 1.807) is 32.0 Å². The highest BCUT2D eigenvalue weighted by molar-refractivity contribution is 5.90. The molecule has 6 heteroatoms. The minimum Gasteiger partial charge on any atom is -0.506 e. The molecule has 4 N–H and O–H groups in total. The lowest BCUT2D eigenvalue weighted by atomic mass is 10.2. The van der Waals surface area contributed by atoms with E-state index in [9.17, 15) is 15.3 Å². The van der Waals surface area contributed by atoms with Crippen LogP contribution >= 0.6 is 0 Å². The Bertz CT molecular complexity index is 671. The Labute approximate surface area is 116 Å². The van der Waals surface area contributed by atoms with Crippen molar-refractivity contribution in [1.29, 1.82) is 0 Å². The third-order valence-corrected chi connectivity index (χ3v) is 2.81. The molecule has 0 saturated carbocycles. The van der Waals surface area contributed by atoms with Gasteiger partial charge in [0.25, 0.3) is 0 Å². The van der Waals surface area contributed by atoms with E-state index >= 15 is 0 Å². The van der Waals surface area contributed by atoms with Crippen LogP contribution in [0.3, 0.4) is 0 Å². The summed E-state index contributed by atoms with van der Waals surface area (Å²) in [6, 6.07) is 6.62. The van der Waals surface area contributed by atoms with E-state index < -0.39 is 0 Å². The van der Waals surface area contributed by atoms with Gasteiger partial charge in [0.15, 0.2) is 5.69 Å². The van der Waals surface area contributed by atoms with Crippen LogP contribution in [-0.2, 0) is 7.05 Å². The highest BCUT2D eigenvalue weighted by Gasteiger charge is 2.21. The molecule has 1 heterocycles. The zero-order chi connectivity index (χ0) is 14.9. The van der Waals surface area contributed by atoms with Crippen molar-refractivity contribution in [3.8, 4) is 17.5 Å². The van der Waals surface area contributed by atoms with Crippen molar-refractivity contribution in [2.75, 3.05) is 5.32 Å². The summed E-state index contributed by atoms with van der Waals surface area (Å²) < 4.78 is 1.21. The number of rotatable bonds is 3. The van der Waals surface area contributed by atoms with Gasteiger partial charge in [-0.15, -0.1) is 0 Å². The fraction of sp³-hybridized carbons (Fsp3) is 0.214. The highest BCUT2D eigenvalue weighted by atomic mass is 16.3. The summed E-state index contributed by atoms with van der Waals surface area (Å²) in [7, 11) is 1.52. The van der Waals surface area contributed by atoms with Crippen LogP contribution in [0, 0.1) is 0 Å². The zero-order valence-electron chi connectivity index (χ0n) is 11.5. The first kappa shape index (κ1) is 13.8. The Morgan fingerprint density at radius 1 is 1.10 bits per heavy atom. The number of phenols is 1. The predicted molar refractivity (Wildman–Crippen MR) is 78.6 cm³/mol. The Hall–Kier alpha value is -2.63. The summed E-state index contributed by atoms with van der Waals surface area (Å²) in [6.07, 6.45) is 0. The topological polar surface area (TPSA) is 90.0 Å². The van der Waals surface area contributed by atoms with Crippen molar-refractivity contribution in [2.45, 2.75) is 13.8 Å². The third-order valence-electron chi connectivity index (χ3n) is 2.81. The average molecular weight is 275 g/mol. The number of benzene rings is 1. The van der Waals surface area contributed by atoms with Gasteiger partial charge in [-0.05, 0) is 26.0 Å². The fourth-order valence-electron chi connectivity index (χ4n) is 1.80. The number of nitrogens with one attached hydrogen (secondary N) is 1. The summed E-state index contributed by atoms with van der Waals surface area (Å²) in [4.78, 5) is 4.21. The molecule has 0 aliphatic carbocycles. The van der Waals surface area contributed by atoms with Crippen molar-refractivity contribution >= 4 is 22.8 Å². The molecule has 0 amide bonds. The molecule has 6 nitrogen and oxygen atoms in total. The first-order valence-electron chi connectivity index (χ1n) is 6.09. The van der Waals surface area contributed by atoms with Crippen molar-refractivity contribution < 1.29 is 15.3 Å². The molecule has 2 rings (SSSR count). The SMILES string of the molecule is CC(C)=Nc1c(Nc2ccccc2O)c(O)n(C)c1O. The van der Waals surface area contributed by atoms with Crippen LogP contribution in [0.25, 0.3) is 0 Å². The number of aromatic nitrogens is 1. The van der Waals surface area contributed by atoms with Gasteiger partial charge >= 0.3 is 0 Å². The second-order valence-corrected chi connectivity index (χ2v) is 4.63. The van der Waals surface area contributed by atoms with Gasteiger partial charge in [-0.2, -0.15) is 0 Å². The Morgan fingerprint density at radius 2 is 1.75 bits per heavy atom. The van der Waals surface area contributed by atoms with Crippen LogP contribution in [0.5, 0.6) is 17.5 Å². The van der Waals surface area contributed by atoms with E-state index in [1.807, 2.05) is 0 Å². The lowest BCUT2D eigenvalue weighted by molar-refractivity contribution is 0.388. The van der Waals surface area contributed by atoms with Crippen molar-refractivity contribution in [3.63, 3.8) is 0 Å². The van der Waals surface area contributed by atoms with Crippen LogP contribution in [-0.4, -0.2) is 25.6 Å². The smallest absolute Gasteiger partial charge is 0.222 e. The average Bonchev–Trinajstić information content (AvgIpc) is 2.58. The molecule has 0 saturated heterocycles. The maximum absolute atomic E-state index is 10.1. The number of para-hydroxylation sites is 2. The highest BCUT2D eigenvalue weighted by Crippen LogP contribution is 2.46. The number of hydrogen-bond acceptors (Lipinski definition) is 5. The number of aliphatic imine (C=N–C) groups is 1. The van der Waals surface area contributed by atoms with Crippen LogP contribution in [0.4, 0.5) is 17.1 Å². The number of phenolic OH excluding ortho intramolecular Hbond substituents is 1. The standard InChI is InChI=1S/C14H17N3O3/c1-8(2)15-11-12(14(20)17(3)13(11)19)16-9-6-4-5-7-10(9)18/h4-7,16,18-20H,1-3H3. The molecule has 0 aliphatic rings. The molecule has 0 fully saturated rings. The van der Waals surface area contributed by atoms with Crippen LogP contribution in [0.15, 0.2) is 29.3 Å². The number of anilines is 2. The Kier molecular flexibility index (Phi) is 3.56. The molecule has 0 radical (unpaired) electrons. The van der Waals surface area contributed by atoms with Gasteiger partial charge in [-0.3, -0.25) is 9.56 Å². The minimum atomic E-state index is -0.161. The van der Waals surface area contributed by atoms with Crippen LogP contribution in [0.2, 0.25) is 0 Å². The van der Waals surface area contributed by atoms with E-state index in [-0.39, 0.29) is 28.9 Å². The van der Waals surface area contributed by atoms with E-state index in [0.29, 0.717) is 5.69 Å². The Balaban J connectivity index is 2.54. The lowest BCUT2D eigenvalue weighted by Crippen LogP contribution is -1.91. The predicted octanol–water partition coefficient (Wildman–Crippen LogP) is 3.00. The molecule has 1 aromatic carbocycles. The third kappa shape index (κ3) is 2.40. The minimum absolute atomic E-state index is 0.0402. The quantitative estimate of drug-likeness (QED) is 0.512. The van der Waals surface area contributed by atoms with Gasteiger partial charge in [-0.25, -0.2) is 0 Å². The van der Waals surface area contributed by atoms with E-state index in [4.69, 9.17) is 0 Å². The summed E-state index contributed by atoms with van der Waals surface area (Å²) in [5.74, 6) is -0.272. The molecule has 106 valence electrons. The number of hydrogen-bond donors (Lipinski definition) is 4. The molecule has 1 aromatic heterocycles. The normalized spacial score (nSPS) is 10.3. The number of aromatic hydroxyl groups is 3. The first-order valence-corrected chi connectivity index (χ1v) is 6.09. The summed E-state index contributed by atoms with van der Waals surface area (Å²) in [6.45, 7) is 3.57. The van der Waals surface area contributed by atoms with Gasteiger partial charge in [0.2, 0.25) is 11.8 Å². The maximum Gasteiger partial charge on any atom is 0.222 e. The molecule has 0 unspecified atom stereocenters. The summed E-state index contributed by atoms with van der Waals surface area (Å²) in [5.41, 5.74) is 1.62. The molecular formula is C14H17N3O3. The summed E-state index contributed by atoms with van der Waals surface area (Å²) in [5, 5.41) is 32.7. The van der Waals surface area contributed by atoms with Gasteiger partial charge in [0.05, 0.1) is 5.69 Å². The van der Waals surface area contributed by atoms with Gasteiger partial charge < -0.3 is 20.6 Å². The lowest BCUT2D eigenvalue weighted by Gasteiger charge is -2.08. The van der Waals surface area contributed by atoms with Gasteiger partial charge in [0, 0.05) is 12.8 Å². The van der Waals surface area contributed by atoms with Gasteiger partial charge in [0.1, 0.15) is 11.4 Å².